The Bertz CT molecular complexity index is 60.1. The van der Waals surface area contributed by atoms with E-state index < -0.39 is 0 Å². The van der Waals surface area contributed by atoms with Crippen LogP contribution in [0.5, 0.6) is 0 Å². The van der Waals surface area contributed by atoms with Crippen molar-refractivity contribution in [2.24, 2.45) is 0 Å². The number of hydrogen-bond donors (Lipinski definition) is 2. The van der Waals surface area contributed by atoms with Gasteiger partial charge in [0.05, 0.1) is 13.1 Å². The summed E-state index contributed by atoms with van der Waals surface area (Å²) < 4.78 is 0. The third-order valence-electron chi connectivity index (χ3n) is 1.75. The SMILES string of the molecule is O.[Cl-].[Cl-].[NH3+]CCCCCCCC[NH3+]. The molecule has 0 fully saturated rings. The van der Waals surface area contributed by atoms with Crippen LogP contribution in [0, 0.1) is 0 Å². The summed E-state index contributed by atoms with van der Waals surface area (Å²) in [5.74, 6) is 0. The molecule has 0 aromatic rings. The van der Waals surface area contributed by atoms with Crippen molar-refractivity contribution in [3.05, 3.63) is 0 Å². The number of hydrogen-bond acceptors (Lipinski definition) is 0. The van der Waals surface area contributed by atoms with Gasteiger partial charge in [-0.2, -0.15) is 0 Å². The summed E-state index contributed by atoms with van der Waals surface area (Å²) in [6.45, 7) is 2.21. The number of unbranched alkanes of at least 4 members (excludes halogenated alkanes) is 5. The zero-order valence-corrected chi connectivity index (χ0v) is 9.84. The lowest BCUT2D eigenvalue weighted by atomic mass is 10.1. The van der Waals surface area contributed by atoms with Gasteiger partial charge in [-0.3, -0.25) is 0 Å². The second-order valence-electron chi connectivity index (χ2n) is 2.83. The Kier molecular flexibility index (Phi) is 41.1. The van der Waals surface area contributed by atoms with Crippen molar-refractivity contribution < 1.29 is 41.8 Å². The highest BCUT2D eigenvalue weighted by Gasteiger charge is 1.89. The molecule has 13 heavy (non-hydrogen) atoms. The number of rotatable bonds is 7. The van der Waals surface area contributed by atoms with Crippen LogP contribution in [0.4, 0.5) is 0 Å². The van der Waals surface area contributed by atoms with Gasteiger partial charge in [-0.25, -0.2) is 0 Å². The van der Waals surface area contributed by atoms with Crippen molar-refractivity contribution in [1.29, 1.82) is 0 Å². The number of quaternary nitrogens is 2. The predicted molar refractivity (Wildman–Crippen MR) is 46.8 cm³/mol. The second kappa shape index (κ2) is 22.9. The lowest BCUT2D eigenvalue weighted by Crippen LogP contribution is -3.00. The van der Waals surface area contributed by atoms with Gasteiger partial charge in [0.1, 0.15) is 0 Å². The minimum atomic E-state index is 0. The molecule has 0 aliphatic carbocycles. The molecule has 5 heteroatoms. The van der Waals surface area contributed by atoms with Crippen LogP contribution in [0.25, 0.3) is 0 Å². The average Bonchev–Trinajstić information content (AvgIpc) is 1.97. The quantitative estimate of drug-likeness (QED) is 0.411. The molecule has 86 valence electrons. The average molecular weight is 235 g/mol. The third-order valence-corrected chi connectivity index (χ3v) is 1.75. The van der Waals surface area contributed by atoms with Gasteiger partial charge in [-0.1, -0.05) is 12.8 Å². The molecule has 0 radical (unpaired) electrons. The van der Waals surface area contributed by atoms with Crippen LogP contribution in [0.2, 0.25) is 0 Å². The van der Waals surface area contributed by atoms with E-state index in [0.29, 0.717) is 0 Å². The molecule has 0 saturated carbocycles. The van der Waals surface area contributed by atoms with Gasteiger partial charge < -0.3 is 41.8 Å². The summed E-state index contributed by atoms with van der Waals surface area (Å²) >= 11 is 0. The van der Waals surface area contributed by atoms with Gasteiger partial charge in [0.25, 0.3) is 0 Å². The van der Waals surface area contributed by atoms with Gasteiger partial charge in [-0.05, 0) is 25.7 Å². The fourth-order valence-electron chi connectivity index (χ4n) is 1.06. The van der Waals surface area contributed by atoms with Gasteiger partial charge >= 0.3 is 0 Å². The smallest absolute Gasteiger partial charge is 0.0739 e. The maximum Gasteiger partial charge on any atom is 0.0739 e. The standard InChI is InChI=1S/C8H20N2.2ClH.H2O/c9-7-5-3-1-2-4-6-8-10;;;/h1-10H2;2*1H;1H2. The first kappa shape index (κ1) is 23.4. The molecule has 0 saturated heterocycles. The molecule has 0 aromatic heterocycles. The Labute approximate surface area is 93.8 Å². The lowest BCUT2D eigenvalue weighted by molar-refractivity contribution is -0.369. The van der Waals surface area contributed by atoms with Crippen molar-refractivity contribution in [2.45, 2.75) is 38.5 Å². The fraction of sp³-hybridized carbons (Fsp3) is 1.00. The first-order valence-electron chi connectivity index (χ1n) is 4.50. The summed E-state index contributed by atoms with van der Waals surface area (Å²) in [7, 11) is 0. The summed E-state index contributed by atoms with van der Waals surface area (Å²) in [5.41, 5.74) is 7.62. The van der Waals surface area contributed by atoms with Gasteiger partial charge in [0.15, 0.2) is 0 Å². The van der Waals surface area contributed by atoms with Crippen LogP contribution < -0.4 is 36.3 Å². The molecular formula is C8H24Cl2N2O. The zero-order chi connectivity index (χ0) is 7.66. The lowest BCUT2D eigenvalue weighted by Gasteiger charge is -1.96. The molecule has 0 aromatic carbocycles. The normalized spacial score (nSPS) is 7.85. The van der Waals surface area contributed by atoms with E-state index >= 15 is 0 Å². The fourth-order valence-corrected chi connectivity index (χ4v) is 1.06. The summed E-state index contributed by atoms with van der Waals surface area (Å²) in [4.78, 5) is 0. The highest BCUT2D eigenvalue weighted by atomic mass is 35.5. The zero-order valence-electron chi connectivity index (χ0n) is 8.33. The van der Waals surface area contributed by atoms with Crippen LogP contribution >= 0.6 is 0 Å². The molecule has 0 spiro atoms. The van der Waals surface area contributed by atoms with Crippen molar-refractivity contribution in [1.82, 2.24) is 0 Å². The van der Waals surface area contributed by atoms with Crippen LogP contribution in [0.1, 0.15) is 38.5 Å². The van der Waals surface area contributed by atoms with Crippen molar-refractivity contribution >= 4 is 0 Å². The Morgan fingerprint density at radius 3 is 1.00 bits per heavy atom. The number of halogens is 2. The monoisotopic (exact) mass is 234 g/mol. The van der Waals surface area contributed by atoms with E-state index in [1.807, 2.05) is 0 Å². The summed E-state index contributed by atoms with van der Waals surface area (Å²) in [6, 6.07) is 0. The van der Waals surface area contributed by atoms with Crippen LogP contribution in [-0.2, 0) is 0 Å². The van der Waals surface area contributed by atoms with E-state index in [1.165, 1.54) is 38.5 Å². The molecule has 0 rings (SSSR count). The van der Waals surface area contributed by atoms with Crippen molar-refractivity contribution in [3.8, 4) is 0 Å². The third kappa shape index (κ3) is 24.5. The van der Waals surface area contributed by atoms with Gasteiger partial charge in [0.2, 0.25) is 0 Å². The topological polar surface area (TPSA) is 86.8 Å². The van der Waals surface area contributed by atoms with Crippen LogP contribution in [-0.4, -0.2) is 18.6 Å². The van der Waals surface area contributed by atoms with Crippen LogP contribution in [0.3, 0.4) is 0 Å². The van der Waals surface area contributed by atoms with Crippen molar-refractivity contribution in [3.63, 3.8) is 0 Å². The Balaban J connectivity index is -0.000000135. The molecule has 8 N–H and O–H groups in total. The molecular weight excluding hydrogens is 211 g/mol. The molecule has 0 atom stereocenters. The van der Waals surface area contributed by atoms with E-state index in [-0.39, 0.29) is 30.3 Å². The summed E-state index contributed by atoms with van der Waals surface area (Å²) in [6.07, 6.45) is 8.17. The maximum absolute atomic E-state index is 3.81. The Morgan fingerprint density at radius 2 is 0.769 bits per heavy atom. The molecule has 0 bridgehead atoms. The first-order valence-corrected chi connectivity index (χ1v) is 4.50. The molecule has 0 unspecified atom stereocenters. The van der Waals surface area contributed by atoms with E-state index in [4.69, 9.17) is 0 Å². The van der Waals surface area contributed by atoms with Gasteiger partial charge in [0, 0.05) is 0 Å². The molecule has 3 nitrogen and oxygen atoms in total. The molecule has 0 heterocycles. The van der Waals surface area contributed by atoms with E-state index in [0.717, 1.165) is 13.1 Å². The largest absolute Gasteiger partial charge is 1.00 e. The first-order chi connectivity index (χ1) is 4.91. The highest BCUT2D eigenvalue weighted by molar-refractivity contribution is 4.42. The maximum atomic E-state index is 3.81. The second-order valence-corrected chi connectivity index (χ2v) is 2.83. The van der Waals surface area contributed by atoms with E-state index in [2.05, 4.69) is 11.5 Å². The minimum Gasteiger partial charge on any atom is -1.00 e. The Morgan fingerprint density at radius 1 is 0.538 bits per heavy atom. The molecule has 0 amide bonds. The van der Waals surface area contributed by atoms with Crippen molar-refractivity contribution in [2.75, 3.05) is 13.1 Å². The van der Waals surface area contributed by atoms with E-state index in [1.54, 1.807) is 0 Å². The summed E-state index contributed by atoms with van der Waals surface area (Å²) in [5, 5.41) is 0. The Hall–Kier alpha value is 0.460. The van der Waals surface area contributed by atoms with Crippen LogP contribution in [0.15, 0.2) is 0 Å². The van der Waals surface area contributed by atoms with E-state index in [9.17, 15) is 0 Å². The predicted octanol–water partition coefficient (Wildman–Crippen LogP) is -7.01. The molecule has 0 aliphatic rings. The molecule has 0 aliphatic heterocycles. The minimum absolute atomic E-state index is 0. The highest BCUT2D eigenvalue weighted by Crippen LogP contribution is 2.02. The van der Waals surface area contributed by atoms with Gasteiger partial charge in [-0.15, -0.1) is 0 Å².